The minimum Gasteiger partial charge on any atom is -0.388 e. The minimum atomic E-state index is -0.569. The van der Waals surface area contributed by atoms with Crippen molar-refractivity contribution in [2.24, 2.45) is 5.92 Å². The summed E-state index contributed by atoms with van der Waals surface area (Å²) in [4.78, 5) is 0. The number of rotatable bonds is 6. The fraction of sp³-hybridized carbons (Fsp3) is 0.846. The molecule has 94 valence electrons. The quantitative estimate of drug-likeness (QED) is 0.679. The van der Waals surface area contributed by atoms with Crippen LogP contribution in [0, 0.1) is 5.92 Å². The van der Waals surface area contributed by atoms with Crippen LogP contribution in [-0.2, 0) is 4.74 Å². The van der Waals surface area contributed by atoms with Gasteiger partial charge >= 0.3 is 0 Å². The molecule has 2 unspecified atom stereocenters. The van der Waals surface area contributed by atoms with E-state index in [9.17, 15) is 5.11 Å². The van der Waals surface area contributed by atoms with Crippen LogP contribution in [0.15, 0.2) is 12.7 Å². The molecule has 2 atom stereocenters. The van der Waals surface area contributed by atoms with E-state index in [1.807, 2.05) is 6.08 Å². The van der Waals surface area contributed by atoms with Crippen LogP contribution in [0.3, 0.4) is 0 Å². The SMILES string of the molecule is C=CCC(C)C(C)NCC1(O)CCOCC1. The summed E-state index contributed by atoms with van der Waals surface area (Å²) in [5.74, 6) is 0.556. The van der Waals surface area contributed by atoms with Gasteiger partial charge in [-0.25, -0.2) is 0 Å². The van der Waals surface area contributed by atoms with Crippen LogP contribution in [0.25, 0.3) is 0 Å². The van der Waals surface area contributed by atoms with Crippen molar-refractivity contribution in [3.63, 3.8) is 0 Å². The Bertz CT molecular complexity index is 212. The van der Waals surface area contributed by atoms with E-state index < -0.39 is 5.60 Å². The Morgan fingerprint density at radius 1 is 1.44 bits per heavy atom. The average Bonchev–Trinajstić information content (AvgIpc) is 2.27. The highest BCUT2D eigenvalue weighted by Crippen LogP contribution is 2.20. The maximum absolute atomic E-state index is 10.3. The molecule has 0 spiro atoms. The average molecular weight is 227 g/mol. The molecular weight excluding hydrogens is 202 g/mol. The van der Waals surface area contributed by atoms with Gasteiger partial charge in [0.25, 0.3) is 0 Å². The number of hydrogen-bond donors (Lipinski definition) is 2. The lowest BCUT2D eigenvalue weighted by molar-refractivity contribution is -0.0631. The van der Waals surface area contributed by atoms with Gasteiger partial charge in [0.2, 0.25) is 0 Å². The highest BCUT2D eigenvalue weighted by atomic mass is 16.5. The smallest absolute Gasteiger partial charge is 0.0815 e. The van der Waals surface area contributed by atoms with E-state index in [2.05, 4.69) is 25.7 Å². The first-order chi connectivity index (χ1) is 7.57. The van der Waals surface area contributed by atoms with Gasteiger partial charge in [0.1, 0.15) is 0 Å². The van der Waals surface area contributed by atoms with Crippen molar-refractivity contribution in [1.29, 1.82) is 0 Å². The number of nitrogens with one attached hydrogen (secondary N) is 1. The maximum atomic E-state index is 10.3. The van der Waals surface area contributed by atoms with Crippen LogP contribution < -0.4 is 5.32 Å². The molecule has 1 saturated heterocycles. The van der Waals surface area contributed by atoms with Crippen LogP contribution in [0.5, 0.6) is 0 Å². The van der Waals surface area contributed by atoms with E-state index in [1.54, 1.807) is 0 Å². The second kappa shape index (κ2) is 6.38. The molecule has 1 aliphatic heterocycles. The summed E-state index contributed by atoms with van der Waals surface area (Å²) in [6.45, 7) is 10.1. The van der Waals surface area contributed by atoms with Gasteiger partial charge in [0, 0.05) is 38.6 Å². The molecule has 16 heavy (non-hydrogen) atoms. The molecule has 2 N–H and O–H groups in total. The van der Waals surface area contributed by atoms with Gasteiger partial charge in [-0.15, -0.1) is 6.58 Å². The summed E-state index contributed by atoms with van der Waals surface area (Å²) in [6, 6.07) is 0.407. The first kappa shape index (κ1) is 13.7. The summed E-state index contributed by atoms with van der Waals surface area (Å²) in [6.07, 6.45) is 4.44. The van der Waals surface area contributed by atoms with Crippen molar-refractivity contribution < 1.29 is 9.84 Å². The van der Waals surface area contributed by atoms with Crippen molar-refractivity contribution in [2.45, 2.75) is 44.8 Å². The van der Waals surface area contributed by atoms with Crippen LogP contribution >= 0.6 is 0 Å². The first-order valence-corrected chi connectivity index (χ1v) is 6.22. The van der Waals surface area contributed by atoms with Crippen LogP contribution in [0.1, 0.15) is 33.1 Å². The monoisotopic (exact) mass is 227 g/mol. The highest BCUT2D eigenvalue weighted by Gasteiger charge is 2.30. The number of ether oxygens (including phenoxy) is 1. The largest absolute Gasteiger partial charge is 0.388 e. The van der Waals surface area contributed by atoms with Crippen molar-refractivity contribution in [1.82, 2.24) is 5.32 Å². The third-order valence-corrected chi connectivity index (χ3v) is 3.57. The normalized spacial score (nSPS) is 23.7. The molecule has 0 bridgehead atoms. The molecule has 0 aromatic heterocycles. The van der Waals surface area contributed by atoms with E-state index in [1.165, 1.54) is 0 Å². The van der Waals surface area contributed by atoms with E-state index in [4.69, 9.17) is 4.74 Å². The van der Waals surface area contributed by atoms with Gasteiger partial charge in [0.15, 0.2) is 0 Å². The van der Waals surface area contributed by atoms with Crippen LogP contribution in [-0.4, -0.2) is 36.5 Å². The molecule has 3 heteroatoms. The molecule has 0 amide bonds. The molecule has 0 aromatic carbocycles. The zero-order valence-corrected chi connectivity index (χ0v) is 10.5. The summed E-state index contributed by atoms with van der Waals surface area (Å²) < 4.78 is 5.26. The lowest BCUT2D eigenvalue weighted by Crippen LogP contribution is -2.48. The molecule has 0 aliphatic carbocycles. The number of hydrogen-bond acceptors (Lipinski definition) is 3. The van der Waals surface area contributed by atoms with Crippen LogP contribution in [0.4, 0.5) is 0 Å². The summed E-state index contributed by atoms with van der Waals surface area (Å²) >= 11 is 0. The second-order valence-corrected chi connectivity index (χ2v) is 5.01. The van der Waals surface area contributed by atoms with Crippen molar-refractivity contribution in [3.8, 4) is 0 Å². The summed E-state index contributed by atoms with van der Waals surface area (Å²) in [5.41, 5.74) is -0.569. The maximum Gasteiger partial charge on any atom is 0.0815 e. The summed E-state index contributed by atoms with van der Waals surface area (Å²) in [7, 11) is 0. The molecule has 1 aliphatic rings. The number of allylic oxidation sites excluding steroid dienone is 1. The van der Waals surface area contributed by atoms with E-state index in [-0.39, 0.29) is 0 Å². The van der Waals surface area contributed by atoms with E-state index >= 15 is 0 Å². The fourth-order valence-electron chi connectivity index (χ4n) is 1.95. The summed E-state index contributed by atoms with van der Waals surface area (Å²) in [5, 5.41) is 13.7. The highest BCUT2D eigenvalue weighted by molar-refractivity contribution is 4.86. The molecule has 1 heterocycles. The molecule has 0 saturated carbocycles. The van der Waals surface area contributed by atoms with Gasteiger partial charge in [-0.3, -0.25) is 0 Å². The third kappa shape index (κ3) is 4.24. The topological polar surface area (TPSA) is 41.5 Å². The number of aliphatic hydroxyl groups is 1. The molecule has 1 rings (SSSR count). The van der Waals surface area contributed by atoms with Gasteiger partial charge in [-0.2, -0.15) is 0 Å². The van der Waals surface area contributed by atoms with Gasteiger partial charge < -0.3 is 15.2 Å². The Morgan fingerprint density at radius 2 is 2.06 bits per heavy atom. The Morgan fingerprint density at radius 3 is 2.62 bits per heavy atom. The Hall–Kier alpha value is -0.380. The first-order valence-electron chi connectivity index (χ1n) is 6.22. The van der Waals surface area contributed by atoms with E-state index in [0.29, 0.717) is 31.7 Å². The van der Waals surface area contributed by atoms with E-state index in [0.717, 1.165) is 19.3 Å². The van der Waals surface area contributed by atoms with Crippen molar-refractivity contribution in [2.75, 3.05) is 19.8 Å². The van der Waals surface area contributed by atoms with Crippen molar-refractivity contribution in [3.05, 3.63) is 12.7 Å². The van der Waals surface area contributed by atoms with Gasteiger partial charge in [0.05, 0.1) is 5.60 Å². The zero-order valence-electron chi connectivity index (χ0n) is 10.5. The van der Waals surface area contributed by atoms with Crippen LogP contribution in [0.2, 0.25) is 0 Å². The minimum absolute atomic E-state index is 0.407. The lowest BCUT2D eigenvalue weighted by atomic mass is 9.93. The molecular formula is C13H25NO2. The Labute approximate surface area is 98.9 Å². The fourth-order valence-corrected chi connectivity index (χ4v) is 1.95. The predicted octanol–water partition coefficient (Wildman–Crippen LogP) is 1.72. The third-order valence-electron chi connectivity index (χ3n) is 3.57. The van der Waals surface area contributed by atoms with Gasteiger partial charge in [-0.1, -0.05) is 13.0 Å². The molecule has 0 aromatic rings. The lowest BCUT2D eigenvalue weighted by Gasteiger charge is -2.34. The molecule has 1 fully saturated rings. The van der Waals surface area contributed by atoms with Crippen molar-refractivity contribution >= 4 is 0 Å². The molecule has 0 radical (unpaired) electrons. The molecule has 3 nitrogen and oxygen atoms in total. The van der Waals surface area contributed by atoms with Gasteiger partial charge in [-0.05, 0) is 19.3 Å². The zero-order chi connectivity index (χ0) is 12.0. The Kier molecular flexibility index (Phi) is 5.46. The predicted molar refractivity (Wildman–Crippen MR) is 66.4 cm³/mol. The Balaban J connectivity index is 2.29. The standard InChI is InChI=1S/C13H25NO2/c1-4-5-11(2)12(3)14-10-13(15)6-8-16-9-7-13/h4,11-12,14-15H,1,5-10H2,2-3H3. The second-order valence-electron chi connectivity index (χ2n) is 5.01.